The Hall–Kier alpha value is -1.49. The van der Waals surface area contributed by atoms with Crippen LogP contribution in [0.5, 0.6) is 5.75 Å². The maximum atomic E-state index is 11.8. The lowest BCUT2D eigenvalue weighted by atomic mass is 9.88. The second-order valence-corrected chi connectivity index (χ2v) is 4.30. The lowest BCUT2D eigenvalue weighted by Gasteiger charge is -2.19. The monoisotopic (exact) mass is 281 g/mol. The first-order valence-electron chi connectivity index (χ1n) is 4.55. The number of methoxy groups -OCH3 is 1. The molecule has 1 aromatic carbocycles. The van der Waals surface area contributed by atoms with Crippen molar-refractivity contribution < 1.29 is 14.3 Å². The Labute approximate surface area is 100 Å². The highest BCUT2D eigenvalue weighted by Gasteiger charge is 2.35. The van der Waals surface area contributed by atoms with Crippen LogP contribution >= 0.6 is 15.9 Å². The number of ether oxygens (including phenoxy) is 1. The van der Waals surface area contributed by atoms with E-state index in [1.807, 2.05) is 0 Å². The molecule has 1 N–H and O–H groups in total. The van der Waals surface area contributed by atoms with Crippen molar-refractivity contribution in [2.75, 3.05) is 7.11 Å². The van der Waals surface area contributed by atoms with Crippen LogP contribution in [0.4, 0.5) is 0 Å². The molecule has 0 aromatic heterocycles. The van der Waals surface area contributed by atoms with Gasteiger partial charge < -0.3 is 4.74 Å². The van der Waals surface area contributed by atoms with Crippen molar-refractivity contribution in [1.82, 2.24) is 0 Å². The quantitative estimate of drug-likeness (QED) is 0.799. The summed E-state index contributed by atoms with van der Waals surface area (Å²) < 4.78 is 4.98. The summed E-state index contributed by atoms with van der Waals surface area (Å²) in [5.41, 5.74) is 0.347. The number of fused-ring (bicyclic) bond motifs is 1. The first-order valence-corrected chi connectivity index (χ1v) is 5.47. The molecule has 0 saturated heterocycles. The second kappa shape index (κ2) is 3.83. The molecular weight excluding hydrogens is 274 g/mol. The van der Waals surface area contributed by atoms with Gasteiger partial charge in [-0.25, -0.2) is 0 Å². The van der Waals surface area contributed by atoms with Crippen molar-refractivity contribution in [3.05, 3.63) is 29.3 Å². The molecule has 0 amide bonds. The number of alkyl halides is 1. The fourth-order valence-electron chi connectivity index (χ4n) is 1.58. The first-order chi connectivity index (χ1) is 7.56. The van der Waals surface area contributed by atoms with E-state index in [9.17, 15) is 9.59 Å². The Morgan fingerprint density at radius 2 is 2.00 bits per heavy atom. The van der Waals surface area contributed by atoms with Crippen molar-refractivity contribution >= 4 is 33.2 Å². The van der Waals surface area contributed by atoms with E-state index in [2.05, 4.69) is 15.9 Å². The standard InChI is InChI=1S/C11H8BrNO3/c1-16-5-2-3-6-7(4-5)11(15)9(13)8(12)10(6)14/h2-4,8,13H,1H3. The van der Waals surface area contributed by atoms with E-state index in [-0.39, 0.29) is 17.1 Å². The van der Waals surface area contributed by atoms with Crippen LogP contribution < -0.4 is 4.74 Å². The molecule has 0 saturated carbocycles. The van der Waals surface area contributed by atoms with Crippen molar-refractivity contribution in [3.8, 4) is 5.75 Å². The third-order valence-corrected chi connectivity index (χ3v) is 3.34. The van der Waals surface area contributed by atoms with Gasteiger partial charge in [-0.05, 0) is 18.2 Å². The van der Waals surface area contributed by atoms with E-state index in [1.54, 1.807) is 12.1 Å². The fraction of sp³-hybridized carbons (Fsp3) is 0.182. The third-order valence-electron chi connectivity index (χ3n) is 2.47. The van der Waals surface area contributed by atoms with Crippen LogP contribution in [0.3, 0.4) is 0 Å². The van der Waals surface area contributed by atoms with Gasteiger partial charge in [0.2, 0.25) is 5.78 Å². The highest BCUT2D eigenvalue weighted by atomic mass is 79.9. The Balaban J connectivity index is 2.64. The SMILES string of the molecule is COc1ccc2c(c1)C(=O)C(=N)C(Br)C2=O. The molecule has 4 nitrogen and oxygen atoms in total. The van der Waals surface area contributed by atoms with E-state index in [4.69, 9.17) is 10.1 Å². The number of rotatable bonds is 1. The van der Waals surface area contributed by atoms with Gasteiger partial charge in [0.05, 0.1) is 7.11 Å². The number of ketones is 2. The molecule has 1 unspecified atom stereocenters. The molecular formula is C11H8BrNO3. The van der Waals surface area contributed by atoms with Gasteiger partial charge in [-0.1, -0.05) is 15.9 Å². The summed E-state index contributed by atoms with van der Waals surface area (Å²) in [6.45, 7) is 0. The Bertz CT molecular complexity index is 510. The van der Waals surface area contributed by atoms with Crippen LogP contribution in [0.25, 0.3) is 0 Å². The van der Waals surface area contributed by atoms with Crippen LogP contribution in [-0.4, -0.2) is 29.2 Å². The molecule has 1 aliphatic carbocycles. The van der Waals surface area contributed by atoms with E-state index in [1.165, 1.54) is 13.2 Å². The molecule has 16 heavy (non-hydrogen) atoms. The normalized spacial score (nSPS) is 19.6. The largest absolute Gasteiger partial charge is 0.497 e. The average molecular weight is 282 g/mol. The number of hydrogen-bond acceptors (Lipinski definition) is 4. The predicted molar refractivity (Wildman–Crippen MR) is 62.1 cm³/mol. The number of nitrogens with one attached hydrogen (secondary N) is 1. The van der Waals surface area contributed by atoms with E-state index in [0.717, 1.165) is 0 Å². The summed E-state index contributed by atoms with van der Waals surface area (Å²) in [4.78, 5) is 22.7. The third kappa shape index (κ3) is 1.48. The molecule has 2 rings (SSSR count). The molecule has 82 valence electrons. The van der Waals surface area contributed by atoms with Crippen LogP contribution in [0.2, 0.25) is 0 Å². The maximum Gasteiger partial charge on any atom is 0.208 e. The molecule has 0 spiro atoms. The highest BCUT2D eigenvalue weighted by Crippen LogP contribution is 2.27. The van der Waals surface area contributed by atoms with Gasteiger partial charge in [0, 0.05) is 11.1 Å². The number of carbonyl (C=O) groups is 2. The molecule has 1 aliphatic rings. The maximum absolute atomic E-state index is 11.8. The van der Waals surface area contributed by atoms with Crippen LogP contribution in [0.15, 0.2) is 18.2 Å². The zero-order valence-electron chi connectivity index (χ0n) is 8.41. The molecule has 0 radical (unpaired) electrons. The van der Waals surface area contributed by atoms with Crippen molar-refractivity contribution in [1.29, 1.82) is 5.41 Å². The minimum Gasteiger partial charge on any atom is -0.497 e. The number of benzene rings is 1. The molecule has 5 heteroatoms. The molecule has 0 bridgehead atoms. The van der Waals surface area contributed by atoms with Crippen LogP contribution in [0.1, 0.15) is 20.7 Å². The Morgan fingerprint density at radius 1 is 1.31 bits per heavy atom. The number of Topliss-reactive ketones (excluding diaryl/α,β-unsaturated/α-hetero) is 2. The second-order valence-electron chi connectivity index (χ2n) is 3.38. The minimum absolute atomic E-state index is 0.231. The number of carbonyl (C=O) groups excluding carboxylic acids is 2. The summed E-state index contributed by atoms with van der Waals surface area (Å²) in [7, 11) is 1.48. The van der Waals surface area contributed by atoms with E-state index in [0.29, 0.717) is 11.3 Å². The lowest BCUT2D eigenvalue weighted by molar-refractivity contribution is 0.0970. The number of hydrogen-bond donors (Lipinski definition) is 1. The van der Waals surface area contributed by atoms with Crippen LogP contribution in [-0.2, 0) is 0 Å². The summed E-state index contributed by atoms with van der Waals surface area (Å²) in [6, 6.07) is 4.66. The number of halogens is 1. The summed E-state index contributed by atoms with van der Waals surface area (Å²) in [6.07, 6.45) is 0. The fourth-order valence-corrected chi connectivity index (χ4v) is 2.04. The van der Waals surface area contributed by atoms with Crippen LogP contribution in [0, 0.1) is 5.41 Å². The average Bonchev–Trinajstić information content (AvgIpc) is 2.33. The molecule has 1 aromatic rings. The van der Waals surface area contributed by atoms with Gasteiger partial charge in [0.25, 0.3) is 0 Å². The first kappa shape index (κ1) is 11.0. The van der Waals surface area contributed by atoms with Gasteiger partial charge in [-0.2, -0.15) is 0 Å². The molecule has 0 aliphatic heterocycles. The zero-order chi connectivity index (χ0) is 11.9. The Morgan fingerprint density at radius 3 is 2.62 bits per heavy atom. The van der Waals surface area contributed by atoms with Crippen molar-refractivity contribution in [3.63, 3.8) is 0 Å². The lowest BCUT2D eigenvalue weighted by Crippen LogP contribution is -2.36. The summed E-state index contributed by atoms with van der Waals surface area (Å²) in [5.74, 6) is -0.196. The van der Waals surface area contributed by atoms with Crippen molar-refractivity contribution in [2.45, 2.75) is 4.83 Å². The van der Waals surface area contributed by atoms with Gasteiger partial charge in [0.15, 0.2) is 5.78 Å². The molecule has 0 heterocycles. The summed E-state index contributed by atoms with van der Waals surface area (Å²) in [5, 5.41) is 7.53. The zero-order valence-corrected chi connectivity index (χ0v) is 10.00. The Kier molecular flexibility index (Phi) is 2.63. The smallest absolute Gasteiger partial charge is 0.208 e. The van der Waals surface area contributed by atoms with Crippen molar-refractivity contribution in [2.24, 2.45) is 0 Å². The van der Waals surface area contributed by atoms with E-state index >= 15 is 0 Å². The molecule has 1 atom stereocenters. The highest BCUT2D eigenvalue weighted by molar-refractivity contribution is 9.10. The van der Waals surface area contributed by atoms with Gasteiger partial charge in [0.1, 0.15) is 16.3 Å². The predicted octanol–water partition coefficient (Wildman–Crippen LogP) is 1.86. The molecule has 0 fully saturated rings. The topological polar surface area (TPSA) is 67.2 Å². The van der Waals surface area contributed by atoms with Gasteiger partial charge in [-0.3, -0.25) is 15.0 Å². The van der Waals surface area contributed by atoms with E-state index < -0.39 is 10.6 Å². The minimum atomic E-state index is -0.833. The van der Waals surface area contributed by atoms with Gasteiger partial charge in [-0.15, -0.1) is 0 Å². The summed E-state index contributed by atoms with van der Waals surface area (Å²) >= 11 is 3.04. The van der Waals surface area contributed by atoms with Gasteiger partial charge >= 0.3 is 0 Å².